The Kier molecular flexibility index (Phi) is 4.88. The summed E-state index contributed by atoms with van der Waals surface area (Å²) >= 11 is 0. The Morgan fingerprint density at radius 1 is 1.19 bits per heavy atom. The molecule has 0 N–H and O–H groups in total. The number of hydrogen-bond donors (Lipinski definition) is 0. The minimum absolute atomic E-state index is 0.377. The number of piperidine rings is 1. The molecular formula is C17H27N3O. The van der Waals surface area contributed by atoms with Gasteiger partial charge in [0.25, 0.3) is 0 Å². The lowest BCUT2D eigenvalue weighted by molar-refractivity contribution is -0.0865. The van der Waals surface area contributed by atoms with Crippen molar-refractivity contribution in [2.75, 3.05) is 26.2 Å². The number of morpholine rings is 1. The maximum atomic E-state index is 5.85. The molecule has 2 unspecified atom stereocenters. The van der Waals surface area contributed by atoms with Gasteiger partial charge in [-0.25, -0.2) is 0 Å². The van der Waals surface area contributed by atoms with Gasteiger partial charge < -0.3 is 4.74 Å². The van der Waals surface area contributed by atoms with Crippen LogP contribution >= 0.6 is 0 Å². The summed E-state index contributed by atoms with van der Waals surface area (Å²) < 4.78 is 5.85. The first-order valence-electron chi connectivity index (χ1n) is 8.21. The maximum absolute atomic E-state index is 5.85. The molecule has 2 aliphatic rings. The van der Waals surface area contributed by atoms with Crippen LogP contribution < -0.4 is 0 Å². The third-order valence-corrected chi connectivity index (χ3v) is 4.65. The van der Waals surface area contributed by atoms with Gasteiger partial charge in [0.2, 0.25) is 0 Å². The minimum Gasteiger partial charge on any atom is -0.373 e. The number of ether oxygens (including phenoxy) is 1. The Morgan fingerprint density at radius 2 is 1.90 bits per heavy atom. The smallest absolute Gasteiger partial charge is 0.0678 e. The second kappa shape index (κ2) is 6.86. The first-order valence-corrected chi connectivity index (χ1v) is 8.21. The average Bonchev–Trinajstić information content (AvgIpc) is 2.48. The lowest BCUT2D eigenvalue weighted by Crippen LogP contribution is -2.53. The van der Waals surface area contributed by atoms with Crippen LogP contribution in [0.2, 0.25) is 0 Å². The largest absolute Gasteiger partial charge is 0.373 e. The molecule has 1 aromatic rings. The molecule has 1 aromatic heterocycles. The predicted molar refractivity (Wildman–Crippen MR) is 84.1 cm³/mol. The van der Waals surface area contributed by atoms with Gasteiger partial charge in [-0.2, -0.15) is 0 Å². The molecule has 4 heteroatoms. The van der Waals surface area contributed by atoms with Gasteiger partial charge in [-0.1, -0.05) is 6.07 Å². The quantitative estimate of drug-likeness (QED) is 0.852. The molecule has 0 bridgehead atoms. The molecule has 0 spiro atoms. The van der Waals surface area contributed by atoms with E-state index in [2.05, 4.69) is 34.7 Å². The van der Waals surface area contributed by atoms with E-state index >= 15 is 0 Å². The van der Waals surface area contributed by atoms with Crippen LogP contribution in [0.3, 0.4) is 0 Å². The number of nitrogens with zero attached hydrogens (tertiary/aromatic N) is 3. The van der Waals surface area contributed by atoms with Gasteiger partial charge in [-0.15, -0.1) is 0 Å². The lowest BCUT2D eigenvalue weighted by atomic mass is 10.0. The van der Waals surface area contributed by atoms with Gasteiger partial charge in [0.05, 0.1) is 12.2 Å². The number of rotatable bonds is 3. The summed E-state index contributed by atoms with van der Waals surface area (Å²) in [5.41, 5.74) is 1.32. The van der Waals surface area contributed by atoms with Gasteiger partial charge in [-0.05, 0) is 51.4 Å². The highest BCUT2D eigenvalue weighted by Gasteiger charge is 2.30. The Bertz CT molecular complexity index is 421. The van der Waals surface area contributed by atoms with E-state index in [0.29, 0.717) is 12.2 Å². The third-order valence-electron chi connectivity index (χ3n) is 4.65. The van der Waals surface area contributed by atoms with E-state index in [-0.39, 0.29) is 0 Å². The summed E-state index contributed by atoms with van der Waals surface area (Å²) in [6.45, 7) is 10.0. The van der Waals surface area contributed by atoms with E-state index in [1.807, 2.05) is 18.5 Å². The van der Waals surface area contributed by atoms with Gasteiger partial charge in [0, 0.05) is 38.1 Å². The Morgan fingerprint density at radius 3 is 2.52 bits per heavy atom. The summed E-state index contributed by atoms with van der Waals surface area (Å²) in [4.78, 5) is 9.42. The highest BCUT2D eigenvalue weighted by Crippen LogP contribution is 2.22. The monoisotopic (exact) mass is 289 g/mol. The summed E-state index contributed by atoms with van der Waals surface area (Å²) in [5.74, 6) is 0. The van der Waals surface area contributed by atoms with Crippen LogP contribution in [0.4, 0.5) is 0 Å². The summed E-state index contributed by atoms with van der Waals surface area (Å²) in [7, 11) is 0. The van der Waals surface area contributed by atoms with Crippen molar-refractivity contribution >= 4 is 0 Å². The van der Waals surface area contributed by atoms with Crippen LogP contribution in [-0.4, -0.2) is 59.2 Å². The highest BCUT2D eigenvalue weighted by atomic mass is 16.5. The Labute approximate surface area is 128 Å². The fourth-order valence-electron chi connectivity index (χ4n) is 3.71. The first-order chi connectivity index (χ1) is 10.2. The lowest BCUT2D eigenvalue weighted by Gasteiger charge is -2.43. The van der Waals surface area contributed by atoms with Crippen molar-refractivity contribution in [3.05, 3.63) is 30.1 Å². The van der Waals surface area contributed by atoms with E-state index in [4.69, 9.17) is 4.74 Å². The molecule has 2 atom stereocenters. The Hall–Kier alpha value is -0.970. The molecule has 2 aliphatic heterocycles. The van der Waals surface area contributed by atoms with Gasteiger partial charge in [-0.3, -0.25) is 14.8 Å². The molecule has 0 amide bonds. The molecular weight excluding hydrogens is 262 g/mol. The van der Waals surface area contributed by atoms with Crippen LogP contribution in [-0.2, 0) is 11.3 Å². The minimum atomic E-state index is 0.377. The van der Waals surface area contributed by atoms with Crippen molar-refractivity contribution < 1.29 is 4.74 Å². The summed E-state index contributed by atoms with van der Waals surface area (Å²) in [6.07, 6.45) is 7.14. The number of pyridine rings is 1. The molecule has 4 nitrogen and oxygen atoms in total. The topological polar surface area (TPSA) is 28.6 Å². The van der Waals surface area contributed by atoms with Gasteiger partial charge in [0.1, 0.15) is 0 Å². The molecule has 0 saturated carbocycles. The average molecular weight is 289 g/mol. The van der Waals surface area contributed by atoms with Crippen LogP contribution in [0.1, 0.15) is 32.3 Å². The predicted octanol–water partition coefficient (Wildman–Crippen LogP) is 2.16. The van der Waals surface area contributed by atoms with E-state index < -0.39 is 0 Å². The first kappa shape index (κ1) is 14.9. The van der Waals surface area contributed by atoms with Crippen LogP contribution in [0, 0.1) is 0 Å². The van der Waals surface area contributed by atoms with Crippen LogP contribution in [0.15, 0.2) is 24.5 Å². The van der Waals surface area contributed by atoms with E-state index in [1.54, 1.807) is 0 Å². The van der Waals surface area contributed by atoms with Crippen molar-refractivity contribution in [2.45, 2.75) is 51.5 Å². The van der Waals surface area contributed by atoms with Crippen LogP contribution in [0.25, 0.3) is 0 Å². The maximum Gasteiger partial charge on any atom is 0.0678 e. The van der Waals surface area contributed by atoms with E-state index in [9.17, 15) is 0 Å². The second-order valence-corrected chi connectivity index (χ2v) is 6.58. The normalized spacial score (nSPS) is 29.6. The third kappa shape index (κ3) is 4.02. The molecule has 0 aromatic carbocycles. The van der Waals surface area contributed by atoms with Gasteiger partial charge in [0.15, 0.2) is 0 Å². The number of aromatic nitrogens is 1. The molecule has 3 rings (SSSR count). The molecule has 0 aliphatic carbocycles. The van der Waals surface area contributed by atoms with Crippen molar-refractivity contribution in [3.63, 3.8) is 0 Å². The molecule has 2 fully saturated rings. The fraction of sp³-hybridized carbons (Fsp3) is 0.706. The zero-order valence-electron chi connectivity index (χ0n) is 13.2. The van der Waals surface area contributed by atoms with Gasteiger partial charge >= 0.3 is 0 Å². The van der Waals surface area contributed by atoms with Crippen molar-refractivity contribution in [2.24, 2.45) is 0 Å². The highest BCUT2D eigenvalue weighted by molar-refractivity contribution is 5.08. The van der Waals surface area contributed by atoms with Crippen molar-refractivity contribution in [1.82, 2.24) is 14.8 Å². The fourth-order valence-corrected chi connectivity index (χ4v) is 3.71. The SMILES string of the molecule is CC1CN(C2CCN(Cc3cccnc3)CC2)CC(C)O1. The second-order valence-electron chi connectivity index (χ2n) is 6.58. The molecule has 2 saturated heterocycles. The molecule has 116 valence electrons. The standard InChI is InChI=1S/C17H27N3O/c1-14-11-20(12-15(2)21-14)17-5-8-19(9-6-17)13-16-4-3-7-18-10-16/h3-4,7,10,14-15,17H,5-6,8-9,11-13H2,1-2H3. The molecule has 0 radical (unpaired) electrons. The molecule has 3 heterocycles. The number of likely N-dealkylation sites (tertiary alicyclic amines) is 1. The zero-order chi connectivity index (χ0) is 14.7. The van der Waals surface area contributed by atoms with E-state index in [0.717, 1.165) is 25.7 Å². The van der Waals surface area contributed by atoms with E-state index in [1.165, 1.54) is 31.5 Å². The summed E-state index contributed by atoms with van der Waals surface area (Å²) in [6, 6.07) is 4.94. The summed E-state index contributed by atoms with van der Waals surface area (Å²) in [5, 5.41) is 0. The molecule has 21 heavy (non-hydrogen) atoms. The van der Waals surface area contributed by atoms with Crippen molar-refractivity contribution in [3.8, 4) is 0 Å². The zero-order valence-corrected chi connectivity index (χ0v) is 13.2. The van der Waals surface area contributed by atoms with Crippen molar-refractivity contribution in [1.29, 1.82) is 0 Å². The van der Waals surface area contributed by atoms with Crippen LogP contribution in [0.5, 0.6) is 0 Å². The number of hydrogen-bond acceptors (Lipinski definition) is 4. The Balaban J connectivity index is 1.48.